The lowest BCUT2D eigenvalue weighted by atomic mass is 10.1. The highest BCUT2D eigenvalue weighted by Crippen LogP contribution is 2.20. The number of hydrogen-bond acceptors (Lipinski definition) is 4. The van der Waals surface area contributed by atoms with Gasteiger partial charge in [0, 0.05) is 11.4 Å². The largest absolute Gasteiger partial charge is 0.344 e. The van der Waals surface area contributed by atoms with Gasteiger partial charge in [-0.1, -0.05) is 66.2 Å². The number of imide groups is 1. The summed E-state index contributed by atoms with van der Waals surface area (Å²) in [5, 5.41) is 5.82. The number of sulfonamides is 1. The van der Waals surface area contributed by atoms with Gasteiger partial charge < -0.3 is 10.6 Å². The van der Waals surface area contributed by atoms with Crippen LogP contribution in [0.1, 0.15) is 18.1 Å². The highest BCUT2D eigenvalue weighted by atomic mass is 32.2. The number of carbonyl (C=O) groups is 2. The minimum Gasteiger partial charge on any atom is -0.307 e. The molecule has 0 radical (unpaired) electrons. The van der Waals surface area contributed by atoms with E-state index in [1.807, 2.05) is 19.1 Å². The number of para-hydroxylation sites is 2. The zero-order valence-corrected chi connectivity index (χ0v) is 18.5. The third-order valence-electron chi connectivity index (χ3n) is 4.47. The van der Waals surface area contributed by atoms with Gasteiger partial charge in [0.15, 0.2) is 0 Å². The second-order valence-electron chi connectivity index (χ2n) is 7.07. The second-order valence-corrected chi connectivity index (χ2v) is 8.70. The van der Waals surface area contributed by atoms with Crippen LogP contribution in [0.4, 0.5) is 21.0 Å². The Bertz CT molecular complexity index is 1190. The molecule has 3 aromatic carbocycles. The number of urea groups is 2. The van der Waals surface area contributed by atoms with E-state index in [4.69, 9.17) is 0 Å². The van der Waals surface area contributed by atoms with Gasteiger partial charge in [-0.05, 0) is 49.2 Å². The van der Waals surface area contributed by atoms with Crippen LogP contribution in [0.2, 0.25) is 0 Å². The topological polar surface area (TPSA) is 95.6 Å². The first-order valence-corrected chi connectivity index (χ1v) is 11.3. The van der Waals surface area contributed by atoms with Crippen LogP contribution < -0.4 is 10.6 Å². The highest BCUT2D eigenvalue weighted by Gasteiger charge is 2.33. The molecule has 0 atom stereocenters. The van der Waals surface area contributed by atoms with Crippen LogP contribution in [0, 0.1) is 6.92 Å². The zero-order valence-electron chi connectivity index (χ0n) is 17.6. The van der Waals surface area contributed by atoms with E-state index in [-0.39, 0.29) is 4.31 Å². The van der Waals surface area contributed by atoms with E-state index in [1.165, 1.54) is 0 Å². The third kappa shape index (κ3) is 5.83. The first-order valence-electron chi connectivity index (χ1n) is 9.79. The molecule has 164 valence electrons. The van der Waals surface area contributed by atoms with Gasteiger partial charge in [-0.25, -0.2) is 18.0 Å². The molecule has 0 unspecified atom stereocenters. The van der Waals surface area contributed by atoms with Crippen molar-refractivity contribution in [3.8, 4) is 0 Å². The Labute approximate surface area is 187 Å². The average molecular weight is 450 g/mol. The van der Waals surface area contributed by atoms with Crippen LogP contribution in [0.25, 0.3) is 5.57 Å². The van der Waals surface area contributed by atoms with Crippen LogP contribution in [0.15, 0.2) is 90.3 Å². The Morgan fingerprint density at radius 3 is 1.75 bits per heavy atom. The Balaban J connectivity index is 1.96. The fraction of sp³-hybridized carbons (Fsp3) is 0.0833. The summed E-state index contributed by atoms with van der Waals surface area (Å²) in [6.07, 6.45) is 0. The van der Waals surface area contributed by atoms with E-state index < -0.39 is 22.1 Å². The second kappa shape index (κ2) is 9.93. The summed E-state index contributed by atoms with van der Waals surface area (Å²) in [6, 6.07) is 21.6. The van der Waals surface area contributed by atoms with Crippen molar-refractivity contribution < 1.29 is 18.0 Å². The van der Waals surface area contributed by atoms with Gasteiger partial charge >= 0.3 is 12.1 Å². The Kier molecular flexibility index (Phi) is 7.07. The van der Waals surface area contributed by atoms with Crippen LogP contribution in [-0.4, -0.2) is 24.8 Å². The molecule has 0 aliphatic carbocycles. The number of allylic oxidation sites excluding steroid dienone is 1. The molecule has 2 N–H and O–H groups in total. The normalized spacial score (nSPS) is 11.5. The fourth-order valence-electron chi connectivity index (χ4n) is 2.95. The number of benzene rings is 3. The van der Waals surface area contributed by atoms with E-state index >= 15 is 0 Å². The van der Waals surface area contributed by atoms with Gasteiger partial charge in [0.05, 0.1) is 5.41 Å². The molecule has 0 saturated carbocycles. The van der Waals surface area contributed by atoms with Gasteiger partial charge in [0.25, 0.3) is 10.0 Å². The van der Waals surface area contributed by atoms with Crippen molar-refractivity contribution in [2.45, 2.75) is 13.8 Å². The predicted octanol–water partition coefficient (Wildman–Crippen LogP) is 5.45. The van der Waals surface area contributed by atoms with Crippen molar-refractivity contribution in [1.82, 2.24) is 4.31 Å². The summed E-state index contributed by atoms with van der Waals surface area (Å²) < 4.78 is 26.6. The number of nitrogens with zero attached hydrogens (tertiary/aromatic N) is 1. The molecule has 3 rings (SSSR count). The molecule has 8 heteroatoms. The Hall–Kier alpha value is -3.91. The molecular weight excluding hydrogens is 426 g/mol. The quantitative estimate of drug-likeness (QED) is 0.541. The molecule has 7 nitrogen and oxygen atoms in total. The lowest BCUT2D eigenvalue weighted by Gasteiger charge is -2.20. The van der Waals surface area contributed by atoms with Crippen molar-refractivity contribution in [2.24, 2.45) is 0 Å². The number of anilines is 2. The van der Waals surface area contributed by atoms with Crippen molar-refractivity contribution in [3.05, 3.63) is 101 Å². The van der Waals surface area contributed by atoms with Gasteiger partial charge in [-0.3, -0.25) is 0 Å². The molecule has 0 aromatic heterocycles. The Morgan fingerprint density at radius 1 is 0.781 bits per heavy atom. The fourth-order valence-corrected chi connectivity index (χ4v) is 4.19. The zero-order chi connectivity index (χ0) is 23.1. The van der Waals surface area contributed by atoms with E-state index in [2.05, 4.69) is 10.6 Å². The highest BCUT2D eigenvalue weighted by molar-refractivity contribution is 7.93. The van der Waals surface area contributed by atoms with Crippen LogP contribution in [0.5, 0.6) is 0 Å². The minimum atomic E-state index is -4.47. The molecular formula is C24H23N3O4S. The van der Waals surface area contributed by atoms with Gasteiger partial charge in [-0.2, -0.15) is 0 Å². The first-order chi connectivity index (χ1) is 15.3. The van der Waals surface area contributed by atoms with E-state index in [0.717, 1.165) is 11.0 Å². The lowest BCUT2D eigenvalue weighted by molar-refractivity contribution is 0.223. The van der Waals surface area contributed by atoms with E-state index in [0.29, 0.717) is 22.5 Å². The third-order valence-corrected chi connectivity index (χ3v) is 5.96. The number of hydrogen-bond donors (Lipinski definition) is 2. The molecule has 0 fully saturated rings. The molecule has 0 aliphatic heterocycles. The number of aryl methyl sites for hydroxylation is 1. The average Bonchev–Trinajstić information content (AvgIpc) is 2.74. The number of carbonyl (C=O) groups excluding carboxylic acids is 2. The summed E-state index contributed by atoms with van der Waals surface area (Å²) in [7, 11) is -4.47. The Morgan fingerprint density at radius 2 is 1.28 bits per heavy atom. The molecule has 3 aromatic rings. The molecule has 0 heterocycles. The molecule has 0 spiro atoms. The summed E-state index contributed by atoms with van der Waals surface area (Å²) in [5.74, 6) is 0. The van der Waals surface area contributed by atoms with Crippen molar-refractivity contribution in [2.75, 3.05) is 10.6 Å². The standard InChI is InChI=1S/C24H23N3O4S/c1-18-10-9-11-20(16-18)19(2)17-32(30,31)27(23(28)25-21-12-5-3-6-13-21)24(29)26-22-14-7-4-8-15-22/h3-17H,1-2H3,(H,25,28)(H,26,29)/b19-17+. The smallest absolute Gasteiger partial charge is 0.307 e. The maximum Gasteiger partial charge on any atom is 0.344 e. The molecule has 4 amide bonds. The monoisotopic (exact) mass is 449 g/mol. The number of amides is 4. The van der Waals surface area contributed by atoms with Crippen molar-refractivity contribution in [1.29, 1.82) is 0 Å². The van der Waals surface area contributed by atoms with Crippen molar-refractivity contribution >= 4 is 39.0 Å². The summed E-state index contributed by atoms with van der Waals surface area (Å²) in [4.78, 5) is 25.8. The first kappa shape index (κ1) is 22.8. The SMILES string of the molecule is C/C(=C\S(=O)(=O)N(C(=O)Nc1ccccc1)C(=O)Nc1ccccc1)c1cccc(C)c1. The number of nitrogens with one attached hydrogen (secondary N) is 2. The van der Waals surface area contributed by atoms with E-state index in [1.54, 1.807) is 79.7 Å². The molecule has 0 saturated heterocycles. The molecule has 0 aliphatic rings. The van der Waals surface area contributed by atoms with Gasteiger partial charge in [0.2, 0.25) is 0 Å². The predicted molar refractivity (Wildman–Crippen MR) is 127 cm³/mol. The summed E-state index contributed by atoms with van der Waals surface area (Å²) >= 11 is 0. The lowest BCUT2D eigenvalue weighted by Crippen LogP contribution is -2.45. The van der Waals surface area contributed by atoms with Crippen LogP contribution in [0.3, 0.4) is 0 Å². The van der Waals surface area contributed by atoms with Crippen LogP contribution in [-0.2, 0) is 10.0 Å². The van der Waals surface area contributed by atoms with E-state index in [9.17, 15) is 18.0 Å². The van der Waals surface area contributed by atoms with Crippen molar-refractivity contribution in [3.63, 3.8) is 0 Å². The molecule has 0 bridgehead atoms. The number of rotatable bonds is 5. The van der Waals surface area contributed by atoms with Gasteiger partial charge in [-0.15, -0.1) is 4.31 Å². The minimum absolute atomic E-state index is 0.187. The maximum absolute atomic E-state index is 13.2. The van der Waals surface area contributed by atoms with Crippen LogP contribution >= 0.6 is 0 Å². The van der Waals surface area contributed by atoms with Gasteiger partial charge in [0.1, 0.15) is 0 Å². The molecule has 32 heavy (non-hydrogen) atoms. The summed E-state index contributed by atoms with van der Waals surface area (Å²) in [6.45, 7) is 3.49. The summed E-state index contributed by atoms with van der Waals surface area (Å²) in [5.41, 5.74) is 2.71. The maximum atomic E-state index is 13.2.